The molecule has 0 saturated heterocycles. The van der Waals surface area contributed by atoms with Gasteiger partial charge in [0.05, 0.1) is 18.0 Å². The van der Waals surface area contributed by atoms with Crippen molar-refractivity contribution in [2.24, 2.45) is 0 Å². The molecule has 1 unspecified atom stereocenters. The number of aliphatic hydroxyl groups is 3. The normalized spacial score (nSPS) is 20.1. The molecule has 0 aromatic rings. The van der Waals surface area contributed by atoms with Crippen molar-refractivity contribution in [1.82, 2.24) is 0 Å². The zero-order valence-corrected chi connectivity index (χ0v) is 6.79. The van der Waals surface area contributed by atoms with Crippen LogP contribution in [0, 0.1) is 0 Å². The number of thiol groups is 1. The summed E-state index contributed by atoms with van der Waals surface area (Å²) in [6, 6.07) is 0. The number of hydrogen-bond donors (Lipinski definition) is 5. The van der Waals surface area contributed by atoms with Gasteiger partial charge in [-0.2, -0.15) is 12.6 Å². The lowest BCUT2D eigenvalue weighted by Gasteiger charge is -2.18. The molecule has 0 aliphatic carbocycles. The van der Waals surface area contributed by atoms with Crippen LogP contribution in [0.25, 0.3) is 0 Å². The summed E-state index contributed by atoms with van der Waals surface area (Å²) in [7, 11) is 0. The van der Waals surface area contributed by atoms with Crippen LogP contribution in [0.4, 0.5) is 0 Å². The van der Waals surface area contributed by atoms with E-state index in [-0.39, 0.29) is 12.0 Å². The summed E-state index contributed by atoms with van der Waals surface area (Å²) in [6.45, 7) is -0.480. The predicted octanol–water partition coefficient (Wildman–Crippen LogP) is -0.837. The fourth-order valence-corrected chi connectivity index (χ4v) is 0.924. The Morgan fingerprint density at radius 2 is 1.90 bits per heavy atom. The Balaban J connectivity index is 3.69. The molecule has 0 aliphatic rings. The maximum absolute atomic E-state index is 8.82. The second-order valence-corrected chi connectivity index (χ2v) is 3.03. The summed E-state index contributed by atoms with van der Waals surface area (Å²) >= 11 is 3.92. The third kappa shape index (κ3) is 3.09. The van der Waals surface area contributed by atoms with Crippen molar-refractivity contribution >= 4 is 24.7 Å². The lowest BCUT2D eigenvalue weighted by atomic mass is 10.3. The van der Waals surface area contributed by atoms with E-state index in [1.54, 1.807) is 0 Å². The van der Waals surface area contributed by atoms with Crippen molar-refractivity contribution < 1.29 is 19.9 Å². The molecule has 4 N–H and O–H groups in total. The second kappa shape index (κ2) is 5.22. The highest BCUT2D eigenvalue weighted by Gasteiger charge is 2.22. The molecular weight excluding hydrogens is 176 g/mol. The van der Waals surface area contributed by atoms with Gasteiger partial charge in [0.1, 0.15) is 5.44 Å². The fourth-order valence-electron chi connectivity index (χ4n) is 0.360. The molecule has 0 heterocycles. The lowest BCUT2D eigenvalue weighted by molar-refractivity contribution is 0.0707. The van der Waals surface area contributed by atoms with Crippen molar-refractivity contribution in [2.75, 3.05) is 6.61 Å². The van der Waals surface area contributed by atoms with Gasteiger partial charge in [-0.15, -0.1) is 0 Å². The first-order valence-electron chi connectivity index (χ1n) is 2.58. The molecule has 0 spiro atoms. The lowest BCUT2D eigenvalue weighted by Crippen LogP contribution is -2.33. The van der Waals surface area contributed by atoms with Gasteiger partial charge in [-0.25, -0.2) is 0 Å². The quantitative estimate of drug-likeness (QED) is 0.225. The van der Waals surface area contributed by atoms with Crippen LogP contribution in [0.5, 0.6) is 0 Å². The Morgan fingerprint density at radius 1 is 1.40 bits per heavy atom. The van der Waals surface area contributed by atoms with Gasteiger partial charge < -0.3 is 19.9 Å². The molecule has 6 heteroatoms. The van der Waals surface area contributed by atoms with E-state index in [4.69, 9.17) is 19.9 Å². The third-order valence-electron chi connectivity index (χ3n) is 0.981. The van der Waals surface area contributed by atoms with Crippen LogP contribution < -0.4 is 0 Å². The van der Waals surface area contributed by atoms with Gasteiger partial charge in [-0.05, 0) is 0 Å². The summed E-state index contributed by atoms with van der Waals surface area (Å²) in [5.74, 6) is 0. The van der Waals surface area contributed by atoms with E-state index in [1.165, 1.54) is 0 Å². The summed E-state index contributed by atoms with van der Waals surface area (Å²) in [4.78, 5) is 0. The SMILES string of the molecule is OC[C@@H](O)[C@H](S)C(O)SO. The van der Waals surface area contributed by atoms with E-state index in [1.807, 2.05) is 0 Å². The summed E-state index contributed by atoms with van der Waals surface area (Å²) in [5.41, 5.74) is -1.18. The Bertz CT molecular complexity index is 81.3. The van der Waals surface area contributed by atoms with Crippen LogP contribution in [0.15, 0.2) is 0 Å². The van der Waals surface area contributed by atoms with Gasteiger partial charge in [0.25, 0.3) is 0 Å². The number of rotatable bonds is 4. The monoisotopic (exact) mass is 186 g/mol. The van der Waals surface area contributed by atoms with Gasteiger partial charge in [0.2, 0.25) is 0 Å². The maximum atomic E-state index is 8.82. The number of aliphatic hydroxyl groups excluding tert-OH is 3. The fraction of sp³-hybridized carbons (Fsp3) is 1.00. The van der Waals surface area contributed by atoms with E-state index in [2.05, 4.69) is 12.6 Å². The molecular formula is C4H10O4S2. The topological polar surface area (TPSA) is 80.9 Å². The van der Waals surface area contributed by atoms with E-state index < -0.39 is 23.4 Å². The van der Waals surface area contributed by atoms with E-state index in [0.29, 0.717) is 0 Å². The van der Waals surface area contributed by atoms with E-state index in [0.717, 1.165) is 0 Å². The maximum Gasteiger partial charge on any atom is 0.139 e. The van der Waals surface area contributed by atoms with Crippen LogP contribution in [0.1, 0.15) is 0 Å². The first kappa shape index (κ1) is 10.5. The molecule has 0 amide bonds. The average molecular weight is 186 g/mol. The zero-order chi connectivity index (χ0) is 8.15. The van der Waals surface area contributed by atoms with Gasteiger partial charge in [0, 0.05) is 12.0 Å². The summed E-state index contributed by atoms with van der Waals surface area (Å²) in [5, 5.41) is 25.1. The molecule has 0 aromatic carbocycles. The summed E-state index contributed by atoms with van der Waals surface area (Å²) in [6.07, 6.45) is -1.11. The van der Waals surface area contributed by atoms with Crippen molar-refractivity contribution in [1.29, 1.82) is 0 Å². The predicted molar refractivity (Wildman–Crippen MR) is 42.1 cm³/mol. The summed E-state index contributed by atoms with van der Waals surface area (Å²) < 4.78 is 8.27. The molecule has 0 saturated carbocycles. The van der Waals surface area contributed by atoms with Crippen molar-refractivity contribution in [3.05, 3.63) is 0 Å². The van der Waals surface area contributed by atoms with Crippen LogP contribution in [-0.2, 0) is 0 Å². The molecule has 0 rings (SSSR count). The van der Waals surface area contributed by atoms with Gasteiger partial charge in [0.15, 0.2) is 0 Å². The molecule has 0 radical (unpaired) electrons. The number of hydrogen-bond acceptors (Lipinski definition) is 6. The molecule has 62 valence electrons. The molecule has 0 bridgehead atoms. The minimum absolute atomic E-state index is 0.185. The molecule has 0 aliphatic heterocycles. The average Bonchev–Trinajstić information content (AvgIpc) is 2.00. The molecule has 10 heavy (non-hydrogen) atoms. The van der Waals surface area contributed by atoms with Crippen molar-refractivity contribution in [3.63, 3.8) is 0 Å². The highest BCUT2D eigenvalue weighted by atomic mass is 32.2. The Morgan fingerprint density at radius 3 is 2.20 bits per heavy atom. The van der Waals surface area contributed by atoms with Crippen LogP contribution in [0.2, 0.25) is 0 Å². The van der Waals surface area contributed by atoms with E-state index in [9.17, 15) is 0 Å². The third-order valence-corrected chi connectivity index (χ3v) is 2.32. The van der Waals surface area contributed by atoms with Gasteiger partial charge in [-0.3, -0.25) is 0 Å². The standard InChI is InChI=1S/C4H10O4S2/c5-1-2(6)3(9)4(7)10-8/h2-9H,1H2/t2-,3+,4?/m1/s1. The van der Waals surface area contributed by atoms with Gasteiger partial charge in [-0.1, -0.05) is 0 Å². The largest absolute Gasteiger partial charge is 0.394 e. The van der Waals surface area contributed by atoms with E-state index >= 15 is 0 Å². The Hall–Kier alpha value is 0.540. The molecule has 0 aromatic heterocycles. The zero-order valence-electron chi connectivity index (χ0n) is 5.08. The van der Waals surface area contributed by atoms with Crippen molar-refractivity contribution in [3.8, 4) is 0 Å². The van der Waals surface area contributed by atoms with Crippen LogP contribution >= 0.6 is 24.7 Å². The highest BCUT2D eigenvalue weighted by molar-refractivity contribution is 7.95. The smallest absolute Gasteiger partial charge is 0.139 e. The first-order chi connectivity index (χ1) is 4.63. The minimum Gasteiger partial charge on any atom is -0.394 e. The molecule has 0 fully saturated rings. The molecule has 4 nitrogen and oxygen atoms in total. The Kier molecular flexibility index (Phi) is 5.51. The first-order valence-corrected chi connectivity index (χ1v) is 3.94. The van der Waals surface area contributed by atoms with Gasteiger partial charge >= 0.3 is 0 Å². The second-order valence-electron chi connectivity index (χ2n) is 1.74. The van der Waals surface area contributed by atoms with Crippen LogP contribution in [0.3, 0.4) is 0 Å². The minimum atomic E-state index is -1.18. The molecule has 3 atom stereocenters. The Labute approximate surface area is 68.5 Å². The highest BCUT2D eigenvalue weighted by Crippen LogP contribution is 2.15. The van der Waals surface area contributed by atoms with Crippen LogP contribution in [-0.4, -0.2) is 43.3 Å². The van der Waals surface area contributed by atoms with Crippen molar-refractivity contribution in [2.45, 2.75) is 16.8 Å².